The van der Waals surface area contributed by atoms with E-state index < -0.39 is 9.84 Å². The molecule has 1 atom stereocenters. The molecule has 2 rings (SSSR count). The molecule has 1 aromatic rings. The van der Waals surface area contributed by atoms with Crippen molar-refractivity contribution in [2.45, 2.75) is 25.8 Å². The van der Waals surface area contributed by atoms with Crippen molar-refractivity contribution in [2.75, 3.05) is 11.5 Å². The molecular weight excluding hydrogens is 281 g/mol. The van der Waals surface area contributed by atoms with E-state index in [9.17, 15) is 17.6 Å². The maximum atomic E-state index is 13.4. The Balaban J connectivity index is 1.83. The van der Waals surface area contributed by atoms with Crippen LogP contribution in [-0.4, -0.2) is 25.8 Å². The summed E-state index contributed by atoms with van der Waals surface area (Å²) in [5, 5.41) is 2.64. The number of rotatable bonds is 4. The highest BCUT2D eigenvalue weighted by molar-refractivity contribution is 7.91. The van der Waals surface area contributed by atoms with E-state index in [2.05, 4.69) is 5.32 Å². The van der Waals surface area contributed by atoms with Crippen molar-refractivity contribution < 1.29 is 17.6 Å². The van der Waals surface area contributed by atoms with E-state index in [0.717, 1.165) is 6.42 Å². The summed E-state index contributed by atoms with van der Waals surface area (Å²) in [6, 6.07) is 6.25. The monoisotopic (exact) mass is 299 g/mol. The fourth-order valence-corrected chi connectivity index (χ4v) is 4.22. The van der Waals surface area contributed by atoms with Crippen molar-refractivity contribution in [3.63, 3.8) is 0 Å². The van der Waals surface area contributed by atoms with E-state index in [0.29, 0.717) is 12.0 Å². The number of sulfone groups is 1. The topological polar surface area (TPSA) is 63.2 Å². The highest BCUT2D eigenvalue weighted by atomic mass is 32.2. The summed E-state index contributed by atoms with van der Waals surface area (Å²) in [5.41, 5.74) is 0.428. The number of halogens is 1. The normalized spacial score (nSPS) is 21.4. The molecule has 6 heteroatoms. The van der Waals surface area contributed by atoms with Gasteiger partial charge >= 0.3 is 0 Å². The van der Waals surface area contributed by atoms with Gasteiger partial charge in [0.1, 0.15) is 5.82 Å². The van der Waals surface area contributed by atoms with Crippen molar-refractivity contribution in [1.82, 2.24) is 5.32 Å². The lowest BCUT2D eigenvalue weighted by molar-refractivity contribution is -0.122. The average molecular weight is 299 g/mol. The number of hydrogen-bond acceptors (Lipinski definition) is 3. The van der Waals surface area contributed by atoms with E-state index in [-0.39, 0.29) is 42.1 Å². The van der Waals surface area contributed by atoms with Crippen LogP contribution in [0.25, 0.3) is 0 Å². The highest BCUT2D eigenvalue weighted by Gasteiger charge is 2.26. The molecule has 1 aliphatic rings. The van der Waals surface area contributed by atoms with Gasteiger partial charge in [-0.1, -0.05) is 18.2 Å². The van der Waals surface area contributed by atoms with Gasteiger partial charge in [-0.25, -0.2) is 12.8 Å². The van der Waals surface area contributed by atoms with Crippen molar-refractivity contribution in [3.8, 4) is 0 Å². The number of amides is 1. The lowest BCUT2D eigenvalue weighted by Gasteiger charge is -2.21. The summed E-state index contributed by atoms with van der Waals surface area (Å²) >= 11 is 0. The zero-order valence-electron chi connectivity index (χ0n) is 11.1. The molecule has 0 aromatic heterocycles. The van der Waals surface area contributed by atoms with Crippen LogP contribution < -0.4 is 5.32 Å². The first-order valence-corrected chi connectivity index (χ1v) is 8.49. The van der Waals surface area contributed by atoms with E-state index in [1.807, 2.05) is 0 Å². The fourth-order valence-electron chi connectivity index (χ4n) is 2.45. The summed E-state index contributed by atoms with van der Waals surface area (Å²) in [6.07, 6.45) is 1.56. The first-order chi connectivity index (χ1) is 9.46. The Hall–Kier alpha value is -1.43. The molecule has 110 valence electrons. The van der Waals surface area contributed by atoms with Crippen molar-refractivity contribution in [1.29, 1.82) is 0 Å². The van der Waals surface area contributed by atoms with E-state index >= 15 is 0 Å². The Morgan fingerprint density at radius 3 is 2.80 bits per heavy atom. The minimum atomic E-state index is -2.99. The Kier molecular flexibility index (Phi) is 4.75. The molecule has 4 nitrogen and oxygen atoms in total. The minimum Gasteiger partial charge on any atom is -0.352 e. The lowest BCUT2D eigenvalue weighted by Crippen LogP contribution is -2.31. The van der Waals surface area contributed by atoms with E-state index in [1.165, 1.54) is 6.07 Å². The van der Waals surface area contributed by atoms with Crippen molar-refractivity contribution in [2.24, 2.45) is 5.92 Å². The largest absolute Gasteiger partial charge is 0.352 e. The zero-order valence-corrected chi connectivity index (χ0v) is 12.0. The van der Waals surface area contributed by atoms with Crippen LogP contribution in [0.1, 0.15) is 24.8 Å². The smallest absolute Gasteiger partial charge is 0.220 e. The van der Waals surface area contributed by atoms with E-state index in [1.54, 1.807) is 18.2 Å². The van der Waals surface area contributed by atoms with Gasteiger partial charge < -0.3 is 5.32 Å². The second kappa shape index (κ2) is 6.35. The Bertz CT molecular complexity index is 586. The number of hydrogen-bond donors (Lipinski definition) is 1. The molecule has 0 spiro atoms. The van der Waals surface area contributed by atoms with Crippen molar-refractivity contribution >= 4 is 15.7 Å². The zero-order chi connectivity index (χ0) is 14.6. The molecule has 1 aromatic carbocycles. The quantitative estimate of drug-likeness (QED) is 0.919. The second-order valence-electron chi connectivity index (χ2n) is 5.19. The van der Waals surface area contributed by atoms with Gasteiger partial charge in [0.25, 0.3) is 0 Å². The number of benzene rings is 1. The summed E-state index contributed by atoms with van der Waals surface area (Å²) in [6.45, 7) is 0.130. The standard InChI is InChI=1S/C14H18FNO3S/c15-13-6-2-1-5-12(13)9-16-14(17)8-11-4-3-7-20(18,19)10-11/h1-2,5-6,11H,3-4,7-10H2,(H,16,17). The van der Waals surface area contributed by atoms with Gasteiger partial charge in [0.2, 0.25) is 5.91 Å². The summed E-state index contributed by atoms with van der Waals surface area (Å²) in [5.74, 6) is -0.390. The van der Waals surface area contributed by atoms with Gasteiger partial charge in [0, 0.05) is 18.5 Å². The Morgan fingerprint density at radius 2 is 2.10 bits per heavy atom. The van der Waals surface area contributed by atoms with Crippen LogP contribution in [0.4, 0.5) is 4.39 Å². The predicted octanol–water partition coefficient (Wildman–Crippen LogP) is 1.66. The molecule has 0 aliphatic carbocycles. The molecule has 1 aliphatic heterocycles. The molecule has 0 bridgehead atoms. The maximum Gasteiger partial charge on any atom is 0.220 e. The van der Waals surface area contributed by atoms with Crippen LogP contribution in [0, 0.1) is 11.7 Å². The summed E-state index contributed by atoms with van der Waals surface area (Å²) < 4.78 is 36.3. The Labute approximate surface area is 118 Å². The fraction of sp³-hybridized carbons (Fsp3) is 0.500. The number of carbonyl (C=O) groups excluding carboxylic acids is 1. The van der Waals surface area contributed by atoms with Crippen LogP contribution >= 0.6 is 0 Å². The first-order valence-electron chi connectivity index (χ1n) is 6.67. The first kappa shape index (κ1) is 15.0. The molecule has 1 unspecified atom stereocenters. The minimum absolute atomic E-state index is 0.0835. The Morgan fingerprint density at radius 1 is 1.35 bits per heavy atom. The molecule has 0 saturated carbocycles. The lowest BCUT2D eigenvalue weighted by atomic mass is 10.0. The van der Waals surface area contributed by atoms with Gasteiger partial charge in [-0.15, -0.1) is 0 Å². The average Bonchev–Trinajstić information content (AvgIpc) is 2.36. The third kappa shape index (κ3) is 4.30. The number of carbonyl (C=O) groups is 1. The third-order valence-electron chi connectivity index (χ3n) is 3.47. The molecule has 20 heavy (non-hydrogen) atoms. The van der Waals surface area contributed by atoms with Crippen LogP contribution in [0.5, 0.6) is 0 Å². The van der Waals surface area contributed by atoms with E-state index in [4.69, 9.17) is 0 Å². The maximum absolute atomic E-state index is 13.4. The summed E-state index contributed by atoms with van der Waals surface area (Å²) in [7, 11) is -2.99. The van der Waals surface area contributed by atoms with Crippen LogP contribution in [-0.2, 0) is 21.2 Å². The van der Waals surface area contributed by atoms with Gasteiger partial charge in [0.15, 0.2) is 9.84 Å². The molecule has 1 amide bonds. The molecular formula is C14H18FNO3S. The predicted molar refractivity (Wildman–Crippen MR) is 74.2 cm³/mol. The molecule has 1 N–H and O–H groups in total. The molecule has 0 radical (unpaired) electrons. The summed E-state index contributed by atoms with van der Waals surface area (Å²) in [4.78, 5) is 11.8. The molecule has 1 fully saturated rings. The molecule has 1 heterocycles. The van der Waals surface area contributed by atoms with Gasteiger partial charge in [-0.3, -0.25) is 4.79 Å². The van der Waals surface area contributed by atoms with Crippen LogP contribution in [0.2, 0.25) is 0 Å². The molecule has 1 saturated heterocycles. The second-order valence-corrected chi connectivity index (χ2v) is 7.42. The SMILES string of the molecule is O=C(CC1CCCS(=O)(=O)C1)NCc1ccccc1F. The number of nitrogens with one attached hydrogen (secondary N) is 1. The van der Waals surface area contributed by atoms with Crippen LogP contribution in [0.3, 0.4) is 0 Å². The van der Waals surface area contributed by atoms with Gasteiger partial charge in [-0.05, 0) is 24.8 Å². The highest BCUT2D eigenvalue weighted by Crippen LogP contribution is 2.21. The van der Waals surface area contributed by atoms with Crippen LogP contribution in [0.15, 0.2) is 24.3 Å². The van der Waals surface area contributed by atoms with Crippen molar-refractivity contribution in [3.05, 3.63) is 35.6 Å². The van der Waals surface area contributed by atoms with Gasteiger partial charge in [0.05, 0.1) is 11.5 Å². The third-order valence-corrected chi connectivity index (χ3v) is 5.36. The van der Waals surface area contributed by atoms with Gasteiger partial charge in [-0.2, -0.15) is 0 Å².